The number of aliphatic carboxylic acids is 2. The zero-order valence-electron chi connectivity index (χ0n) is 6.86. The smallest absolute Gasteiger partial charge is 0.327 e. The Balaban J connectivity index is 3.63. The first-order valence-corrected chi connectivity index (χ1v) is 3.63. The first-order chi connectivity index (χ1) is 5.52. The molecule has 0 aliphatic carbocycles. The molecule has 12 heavy (non-hydrogen) atoms. The summed E-state index contributed by atoms with van der Waals surface area (Å²) in [6, 6.07) is 0. The van der Waals surface area contributed by atoms with E-state index in [9.17, 15) is 9.59 Å². The van der Waals surface area contributed by atoms with Crippen LogP contribution in [0, 0.1) is 5.92 Å². The minimum atomic E-state index is -1.00. The Kier molecular flexibility index (Phi) is 4.76. The molecular weight excluding hydrogens is 160 g/mol. The van der Waals surface area contributed by atoms with Gasteiger partial charge in [0, 0.05) is 12.5 Å². The van der Waals surface area contributed by atoms with Crippen molar-refractivity contribution in [2.24, 2.45) is 5.92 Å². The molecule has 2 N–H and O–H groups in total. The molecule has 0 amide bonds. The lowest BCUT2D eigenvalue weighted by Crippen LogP contribution is -2.03. The highest BCUT2D eigenvalue weighted by Gasteiger charge is 2.04. The van der Waals surface area contributed by atoms with Gasteiger partial charge in [0.05, 0.1) is 0 Å². The summed E-state index contributed by atoms with van der Waals surface area (Å²) in [5, 5.41) is 16.6. The standard InChI is InChI=1S/C8H12O4/c1-6(5-8(11)12)3-2-4-7(9)10/h2,4,6H,3,5H2,1H3,(H,9,10)(H,11,12). The lowest BCUT2D eigenvalue weighted by Gasteiger charge is -2.02. The average Bonchev–Trinajstić information content (AvgIpc) is 1.84. The van der Waals surface area contributed by atoms with Crippen molar-refractivity contribution in [1.82, 2.24) is 0 Å². The zero-order chi connectivity index (χ0) is 9.56. The minimum absolute atomic E-state index is 0.0156. The van der Waals surface area contributed by atoms with Crippen LogP contribution in [0.25, 0.3) is 0 Å². The second kappa shape index (κ2) is 5.35. The van der Waals surface area contributed by atoms with E-state index < -0.39 is 11.9 Å². The van der Waals surface area contributed by atoms with E-state index in [1.807, 2.05) is 0 Å². The fraction of sp³-hybridized carbons (Fsp3) is 0.500. The first kappa shape index (κ1) is 10.7. The van der Waals surface area contributed by atoms with Gasteiger partial charge in [-0.15, -0.1) is 0 Å². The molecule has 68 valence electrons. The van der Waals surface area contributed by atoms with Crippen molar-refractivity contribution in [2.75, 3.05) is 0 Å². The van der Waals surface area contributed by atoms with Crippen LogP contribution in [0.2, 0.25) is 0 Å². The van der Waals surface area contributed by atoms with E-state index in [0.717, 1.165) is 6.08 Å². The van der Waals surface area contributed by atoms with E-state index in [4.69, 9.17) is 10.2 Å². The Hall–Kier alpha value is -1.32. The normalized spacial score (nSPS) is 13.1. The van der Waals surface area contributed by atoms with Crippen LogP contribution in [0.3, 0.4) is 0 Å². The second-order valence-corrected chi connectivity index (χ2v) is 2.68. The molecule has 0 spiro atoms. The van der Waals surface area contributed by atoms with Crippen LogP contribution in [-0.2, 0) is 9.59 Å². The summed E-state index contributed by atoms with van der Waals surface area (Å²) in [5.41, 5.74) is 0. The molecule has 0 aliphatic heterocycles. The van der Waals surface area contributed by atoms with Crippen LogP contribution in [0.4, 0.5) is 0 Å². The molecule has 1 atom stereocenters. The van der Waals surface area contributed by atoms with Crippen molar-refractivity contribution in [1.29, 1.82) is 0 Å². The largest absolute Gasteiger partial charge is 0.481 e. The molecule has 0 aromatic heterocycles. The van der Waals surface area contributed by atoms with Gasteiger partial charge in [-0.25, -0.2) is 4.79 Å². The van der Waals surface area contributed by atoms with Gasteiger partial charge in [-0.2, -0.15) is 0 Å². The molecule has 0 fully saturated rings. The third-order valence-electron chi connectivity index (χ3n) is 1.32. The Morgan fingerprint density at radius 3 is 2.42 bits per heavy atom. The van der Waals surface area contributed by atoms with Gasteiger partial charge in [-0.1, -0.05) is 13.0 Å². The number of carbonyl (C=O) groups is 2. The van der Waals surface area contributed by atoms with Crippen LogP contribution >= 0.6 is 0 Å². The highest BCUT2D eigenvalue weighted by Crippen LogP contribution is 2.07. The third-order valence-corrected chi connectivity index (χ3v) is 1.32. The van der Waals surface area contributed by atoms with Crippen LogP contribution in [-0.4, -0.2) is 22.2 Å². The lowest BCUT2D eigenvalue weighted by atomic mass is 10.0. The maximum Gasteiger partial charge on any atom is 0.327 e. The topological polar surface area (TPSA) is 74.6 Å². The molecule has 0 aliphatic rings. The lowest BCUT2D eigenvalue weighted by molar-refractivity contribution is -0.138. The van der Waals surface area contributed by atoms with E-state index >= 15 is 0 Å². The fourth-order valence-corrected chi connectivity index (χ4v) is 0.783. The number of rotatable bonds is 5. The van der Waals surface area contributed by atoms with Crippen molar-refractivity contribution in [3.8, 4) is 0 Å². The summed E-state index contributed by atoms with van der Waals surface area (Å²) in [6.45, 7) is 1.76. The van der Waals surface area contributed by atoms with Gasteiger partial charge < -0.3 is 10.2 Å². The quantitative estimate of drug-likeness (QED) is 0.609. The Morgan fingerprint density at radius 1 is 1.42 bits per heavy atom. The van der Waals surface area contributed by atoms with Crippen molar-refractivity contribution in [2.45, 2.75) is 19.8 Å². The van der Waals surface area contributed by atoms with Gasteiger partial charge in [0.2, 0.25) is 0 Å². The summed E-state index contributed by atoms with van der Waals surface area (Å²) in [6.07, 6.45) is 3.05. The molecule has 4 heteroatoms. The Labute approximate surface area is 70.5 Å². The van der Waals surface area contributed by atoms with Gasteiger partial charge in [-0.05, 0) is 12.3 Å². The van der Waals surface area contributed by atoms with Gasteiger partial charge in [-0.3, -0.25) is 4.79 Å². The molecule has 1 unspecified atom stereocenters. The highest BCUT2D eigenvalue weighted by atomic mass is 16.4. The van der Waals surface area contributed by atoms with Crippen molar-refractivity contribution >= 4 is 11.9 Å². The third kappa shape index (κ3) is 6.80. The van der Waals surface area contributed by atoms with Crippen molar-refractivity contribution < 1.29 is 19.8 Å². The predicted octanol–water partition coefficient (Wildman–Crippen LogP) is 1.13. The zero-order valence-corrected chi connectivity index (χ0v) is 6.86. The molecule has 0 saturated heterocycles. The molecule has 0 radical (unpaired) electrons. The maximum atomic E-state index is 10.2. The molecular formula is C8H12O4. The molecule has 0 aromatic rings. The number of allylic oxidation sites excluding steroid dienone is 1. The Bertz CT molecular complexity index is 195. The molecule has 0 bridgehead atoms. The summed E-state index contributed by atoms with van der Waals surface area (Å²) in [5.74, 6) is -1.87. The maximum absolute atomic E-state index is 10.2. The van der Waals surface area contributed by atoms with Gasteiger partial charge in [0.15, 0.2) is 0 Å². The number of carboxylic acids is 2. The first-order valence-electron chi connectivity index (χ1n) is 3.63. The van der Waals surface area contributed by atoms with Crippen LogP contribution in [0.1, 0.15) is 19.8 Å². The second-order valence-electron chi connectivity index (χ2n) is 2.68. The number of hydrogen-bond acceptors (Lipinski definition) is 2. The van der Waals surface area contributed by atoms with E-state index in [1.54, 1.807) is 6.92 Å². The average molecular weight is 172 g/mol. The number of carboxylic acid groups (broad SMARTS) is 2. The van der Waals surface area contributed by atoms with E-state index in [-0.39, 0.29) is 12.3 Å². The van der Waals surface area contributed by atoms with Crippen molar-refractivity contribution in [3.63, 3.8) is 0 Å². The van der Waals surface area contributed by atoms with Gasteiger partial charge >= 0.3 is 11.9 Å². The SMILES string of the molecule is CC(CC=CC(=O)O)CC(=O)O. The monoisotopic (exact) mass is 172 g/mol. The van der Waals surface area contributed by atoms with Crippen molar-refractivity contribution in [3.05, 3.63) is 12.2 Å². The molecule has 0 rings (SSSR count). The summed E-state index contributed by atoms with van der Waals surface area (Å²) >= 11 is 0. The van der Waals surface area contributed by atoms with E-state index in [2.05, 4.69) is 0 Å². The Morgan fingerprint density at radius 2 is 2.00 bits per heavy atom. The molecule has 0 saturated carbocycles. The minimum Gasteiger partial charge on any atom is -0.481 e. The fourth-order valence-electron chi connectivity index (χ4n) is 0.783. The van der Waals surface area contributed by atoms with E-state index in [1.165, 1.54) is 6.08 Å². The summed E-state index contributed by atoms with van der Waals surface area (Å²) in [4.78, 5) is 20.2. The molecule has 4 nitrogen and oxygen atoms in total. The van der Waals surface area contributed by atoms with Gasteiger partial charge in [0.25, 0.3) is 0 Å². The highest BCUT2D eigenvalue weighted by molar-refractivity contribution is 5.79. The predicted molar refractivity (Wildman–Crippen MR) is 42.8 cm³/mol. The van der Waals surface area contributed by atoms with Crippen LogP contribution < -0.4 is 0 Å². The summed E-state index contributed by atoms with van der Waals surface area (Å²) < 4.78 is 0. The number of hydrogen-bond donors (Lipinski definition) is 2. The van der Waals surface area contributed by atoms with Crippen LogP contribution in [0.15, 0.2) is 12.2 Å². The molecule has 0 aromatic carbocycles. The van der Waals surface area contributed by atoms with E-state index in [0.29, 0.717) is 6.42 Å². The van der Waals surface area contributed by atoms with Gasteiger partial charge in [0.1, 0.15) is 0 Å². The summed E-state index contributed by atoms with van der Waals surface area (Å²) in [7, 11) is 0. The molecule has 0 heterocycles. The van der Waals surface area contributed by atoms with Crippen LogP contribution in [0.5, 0.6) is 0 Å².